The first-order chi connectivity index (χ1) is 7.74. The van der Waals surface area contributed by atoms with Crippen LogP contribution in [0.2, 0.25) is 0 Å². The molecule has 0 spiro atoms. The van der Waals surface area contributed by atoms with Crippen molar-refractivity contribution in [2.24, 2.45) is 12.9 Å². The third kappa shape index (κ3) is 2.11. The quantitative estimate of drug-likeness (QED) is 0.511. The van der Waals surface area contributed by atoms with E-state index in [4.69, 9.17) is 5.84 Å². The minimum Gasteiger partial charge on any atom is -0.271 e. The fraction of sp³-hybridized carbons (Fsp3) is 0.182. The molecule has 1 unspecified atom stereocenters. The molecule has 0 fully saturated rings. The summed E-state index contributed by atoms with van der Waals surface area (Å²) in [6, 6.07) is 10.1. The number of hydrogen-bond acceptors (Lipinski definition) is 3. The molecule has 0 amide bonds. The fourth-order valence-electron chi connectivity index (χ4n) is 1.71. The van der Waals surface area contributed by atoms with Gasteiger partial charge >= 0.3 is 0 Å². The molecule has 0 radical (unpaired) electrons. The van der Waals surface area contributed by atoms with Gasteiger partial charge < -0.3 is 0 Å². The summed E-state index contributed by atoms with van der Waals surface area (Å²) in [5, 5.41) is 4.16. The normalized spacial score (nSPS) is 12.7. The molecule has 2 rings (SSSR count). The molecule has 4 nitrogen and oxygen atoms in total. The Kier molecular flexibility index (Phi) is 3.57. The molecule has 0 saturated carbocycles. The molecule has 0 saturated heterocycles. The van der Waals surface area contributed by atoms with E-state index in [0.717, 1.165) is 11.3 Å². The van der Waals surface area contributed by atoms with Gasteiger partial charge in [-0.1, -0.05) is 18.2 Å². The van der Waals surface area contributed by atoms with Gasteiger partial charge in [-0.3, -0.25) is 10.5 Å². The molecule has 84 valence electrons. The van der Waals surface area contributed by atoms with E-state index in [9.17, 15) is 0 Å². The number of aromatic nitrogens is 2. The highest BCUT2D eigenvalue weighted by Gasteiger charge is 2.17. The molecule has 5 heteroatoms. The Bertz CT molecular complexity index is 480. The second kappa shape index (κ2) is 4.94. The van der Waals surface area contributed by atoms with Crippen molar-refractivity contribution in [2.75, 3.05) is 0 Å². The summed E-state index contributed by atoms with van der Waals surface area (Å²) in [4.78, 5) is 0. The standard InChI is InChI=1S/C11H13IN4/c1-16-10(6-7-14-16)11(15-13)8-4-2-3-5-9(8)12/h2-7,11,15H,13H2,1H3. The number of rotatable bonds is 3. The van der Waals surface area contributed by atoms with E-state index >= 15 is 0 Å². The molecular formula is C11H13IN4. The van der Waals surface area contributed by atoms with Crippen LogP contribution in [0.5, 0.6) is 0 Å². The van der Waals surface area contributed by atoms with Crippen LogP contribution >= 0.6 is 22.6 Å². The van der Waals surface area contributed by atoms with Crippen molar-refractivity contribution < 1.29 is 0 Å². The van der Waals surface area contributed by atoms with Crippen LogP contribution in [0.15, 0.2) is 36.5 Å². The molecule has 2 aromatic rings. The van der Waals surface area contributed by atoms with E-state index in [0.29, 0.717) is 0 Å². The number of nitrogens with two attached hydrogens (primary N) is 1. The number of hydrazine groups is 1. The number of nitrogens with one attached hydrogen (secondary N) is 1. The molecular weight excluding hydrogens is 315 g/mol. The number of aryl methyl sites for hydroxylation is 1. The first kappa shape index (κ1) is 11.6. The Balaban J connectivity index is 2.45. The predicted octanol–water partition coefficient (Wildman–Crippen LogP) is 1.58. The molecule has 1 aromatic heterocycles. The van der Waals surface area contributed by atoms with Gasteiger partial charge in [0, 0.05) is 16.8 Å². The zero-order valence-corrected chi connectivity index (χ0v) is 11.0. The molecule has 1 aromatic carbocycles. The summed E-state index contributed by atoms with van der Waals surface area (Å²) in [7, 11) is 1.91. The number of benzene rings is 1. The lowest BCUT2D eigenvalue weighted by Crippen LogP contribution is -2.30. The van der Waals surface area contributed by atoms with Gasteiger partial charge in [-0.2, -0.15) is 5.10 Å². The van der Waals surface area contributed by atoms with E-state index < -0.39 is 0 Å². The van der Waals surface area contributed by atoms with Crippen LogP contribution < -0.4 is 11.3 Å². The van der Waals surface area contributed by atoms with Crippen LogP contribution in [0.25, 0.3) is 0 Å². The summed E-state index contributed by atoms with van der Waals surface area (Å²) < 4.78 is 3.01. The molecule has 3 N–H and O–H groups in total. The highest BCUT2D eigenvalue weighted by molar-refractivity contribution is 14.1. The SMILES string of the molecule is Cn1nccc1C(NN)c1ccccc1I. The Morgan fingerprint density at radius 1 is 1.38 bits per heavy atom. The Labute approximate surface area is 108 Å². The van der Waals surface area contributed by atoms with Crippen molar-refractivity contribution in [3.05, 3.63) is 51.4 Å². The summed E-state index contributed by atoms with van der Waals surface area (Å²) in [5.74, 6) is 5.64. The molecule has 1 atom stereocenters. The van der Waals surface area contributed by atoms with Crippen LogP contribution in [0.3, 0.4) is 0 Å². The van der Waals surface area contributed by atoms with Crippen molar-refractivity contribution in [1.82, 2.24) is 15.2 Å². The van der Waals surface area contributed by atoms with Crippen molar-refractivity contribution >= 4 is 22.6 Å². The van der Waals surface area contributed by atoms with Gasteiger partial charge in [0.05, 0.1) is 11.7 Å². The summed E-state index contributed by atoms with van der Waals surface area (Å²) in [6.07, 6.45) is 1.77. The van der Waals surface area contributed by atoms with E-state index in [1.165, 1.54) is 3.57 Å². The Morgan fingerprint density at radius 3 is 2.69 bits per heavy atom. The average Bonchev–Trinajstić information content (AvgIpc) is 2.69. The number of halogens is 1. The maximum Gasteiger partial charge on any atom is 0.0888 e. The summed E-state index contributed by atoms with van der Waals surface area (Å²) in [5.41, 5.74) is 5.05. The van der Waals surface area contributed by atoms with Crippen molar-refractivity contribution in [1.29, 1.82) is 0 Å². The lowest BCUT2D eigenvalue weighted by molar-refractivity contribution is 0.573. The van der Waals surface area contributed by atoms with Gasteiger partial charge in [0.2, 0.25) is 0 Å². The Hall–Kier alpha value is -0.920. The molecule has 0 aliphatic rings. The molecule has 16 heavy (non-hydrogen) atoms. The highest BCUT2D eigenvalue weighted by atomic mass is 127. The number of nitrogens with zero attached hydrogens (tertiary/aromatic N) is 2. The first-order valence-corrected chi connectivity index (χ1v) is 6.00. The maximum atomic E-state index is 5.64. The second-order valence-electron chi connectivity index (χ2n) is 3.50. The van der Waals surface area contributed by atoms with Gasteiger partial charge in [0.25, 0.3) is 0 Å². The van der Waals surface area contributed by atoms with Crippen LogP contribution in [0, 0.1) is 3.57 Å². The van der Waals surface area contributed by atoms with E-state index in [-0.39, 0.29) is 6.04 Å². The third-order valence-electron chi connectivity index (χ3n) is 2.54. The van der Waals surface area contributed by atoms with E-state index in [1.807, 2.05) is 29.9 Å². The molecule has 0 bridgehead atoms. The first-order valence-electron chi connectivity index (χ1n) is 4.92. The topological polar surface area (TPSA) is 55.9 Å². The predicted molar refractivity (Wildman–Crippen MR) is 71.5 cm³/mol. The minimum atomic E-state index is -0.0272. The van der Waals surface area contributed by atoms with Crippen molar-refractivity contribution in [3.63, 3.8) is 0 Å². The summed E-state index contributed by atoms with van der Waals surface area (Å²) in [6.45, 7) is 0. The second-order valence-corrected chi connectivity index (χ2v) is 4.66. The monoisotopic (exact) mass is 328 g/mol. The number of hydrogen-bond donors (Lipinski definition) is 2. The van der Waals surface area contributed by atoms with E-state index in [2.05, 4.69) is 45.2 Å². The smallest absolute Gasteiger partial charge is 0.0888 e. The maximum absolute atomic E-state index is 5.64. The third-order valence-corrected chi connectivity index (χ3v) is 3.52. The van der Waals surface area contributed by atoms with Gasteiger partial charge in [-0.05, 0) is 40.3 Å². The molecule has 1 heterocycles. The van der Waals surface area contributed by atoms with Crippen molar-refractivity contribution in [3.8, 4) is 0 Å². The highest BCUT2D eigenvalue weighted by Crippen LogP contribution is 2.24. The zero-order valence-electron chi connectivity index (χ0n) is 8.89. The average molecular weight is 328 g/mol. The lowest BCUT2D eigenvalue weighted by atomic mass is 10.0. The fourth-order valence-corrected chi connectivity index (χ4v) is 2.41. The lowest BCUT2D eigenvalue weighted by Gasteiger charge is -2.18. The van der Waals surface area contributed by atoms with Crippen LogP contribution in [0.4, 0.5) is 0 Å². The van der Waals surface area contributed by atoms with Crippen LogP contribution in [-0.2, 0) is 7.05 Å². The summed E-state index contributed by atoms with van der Waals surface area (Å²) >= 11 is 2.31. The van der Waals surface area contributed by atoms with Gasteiger partial charge in [0.1, 0.15) is 0 Å². The minimum absolute atomic E-state index is 0.0272. The van der Waals surface area contributed by atoms with Crippen LogP contribution in [0.1, 0.15) is 17.3 Å². The van der Waals surface area contributed by atoms with Gasteiger partial charge in [-0.15, -0.1) is 0 Å². The van der Waals surface area contributed by atoms with Gasteiger partial charge in [-0.25, -0.2) is 5.43 Å². The Morgan fingerprint density at radius 2 is 2.12 bits per heavy atom. The van der Waals surface area contributed by atoms with Crippen LogP contribution in [-0.4, -0.2) is 9.78 Å². The van der Waals surface area contributed by atoms with E-state index in [1.54, 1.807) is 6.20 Å². The molecule has 0 aliphatic heterocycles. The van der Waals surface area contributed by atoms with Gasteiger partial charge in [0.15, 0.2) is 0 Å². The molecule has 0 aliphatic carbocycles. The largest absolute Gasteiger partial charge is 0.271 e. The van der Waals surface area contributed by atoms with Crippen molar-refractivity contribution in [2.45, 2.75) is 6.04 Å². The zero-order chi connectivity index (χ0) is 11.5.